The Bertz CT molecular complexity index is 524. The van der Waals surface area contributed by atoms with Crippen LogP contribution in [0.3, 0.4) is 0 Å². The van der Waals surface area contributed by atoms with Crippen LogP contribution in [-0.2, 0) is 10.9 Å². The van der Waals surface area contributed by atoms with E-state index in [0.29, 0.717) is 13.2 Å². The number of nitrogen functional groups attached to an aromatic ring is 1. The van der Waals surface area contributed by atoms with Crippen LogP contribution in [0, 0.1) is 0 Å². The first-order valence-electron chi connectivity index (χ1n) is 6.80. The molecule has 2 heterocycles. The Morgan fingerprint density at radius 1 is 1.33 bits per heavy atom. The summed E-state index contributed by atoms with van der Waals surface area (Å²) >= 11 is 0. The summed E-state index contributed by atoms with van der Waals surface area (Å²) in [5, 5.41) is 0. The van der Waals surface area contributed by atoms with Crippen LogP contribution < -0.4 is 16.2 Å². The average molecular weight is 303 g/mol. The maximum Gasteiger partial charge on any atom is 0.451 e. The van der Waals surface area contributed by atoms with Gasteiger partial charge in [-0.15, -0.1) is 0 Å². The number of rotatable bonds is 2. The van der Waals surface area contributed by atoms with Crippen LogP contribution in [0.1, 0.15) is 25.1 Å². The summed E-state index contributed by atoms with van der Waals surface area (Å²) in [6.45, 7) is 0.997. The van der Waals surface area contributed by atoms with Crippen LogP contribution >= 0.6 is 0 Å². The third-order valence-corrected chi connectivity index (χ3v) is 3.89. The van der Waals surface area contributed by atoms with Crippen molar-refractivity contribution >= 4 is 11.6 Å². The third kappa shape index (κ3) is 2.75. The number of fused-ring (bicyclic) bond motifs is 1. The van der Waals surface area contributed by atoms with E-state index in [1.165, 1.54) is 6.07 Å². The minimum absolute atomic E-state index is 0.0478. The van der Waals surface area contributed by atoms with E-state index in [2.05, 4.69) is 15.4 Å². The predicted octanol–water partition coefficient (Wildman–Crippen LogP) is 1.54. The topological polar surface area (TPSA) is 76.3 Å². The molecule has 6 nitrogen and oxygen atoms in total. The zero-order valence-corrected chi connectivity index (χ0v) is 11.2. The van der Waals surface area contributed by atoms with Crippen LogP contribution in [0.2, 0.25) is 0 Å². The summed E-state index contributed by atoms with van der Waals surface area (Å²) in [6, 6.07) is 1.51. The smallest absolute Gasteiger partial charge is 0.374 e. The number of nitrogens with two attached hydrogens (primary N) is 1. The number of nitrogens with zero attached hydrogens (tertiary/aromatic N) is 3. The number of hydrogen-bond acceptors (Lipinski definition) is 6. The summed E-state index contributed by atoms with van der Waals surface area (Å²) in [4.78, 5) is 8.92. The highest BCUT2D eigenvalue weighted by atomic mass is 19.4. The van der Waals surface area contributed by atoms with E-state index in [-0.39, 0.29) is 23.8 Å². The summed E-state index contributed by atoms with van der Waals surface area (Å²) < 4.78 is 44.3. The average Bonchev–Trinajstić information content (AvgIpc) is 2.94. The molecule has 9 heteroatoms. The van der Waals surface area contributed by atoms with Crippen LogP contribution in [-0.4, -0.2) is 35.3 Å². The fourth-order valence-electron chi connectivity index (χ4n) is 2.99. The number of hydrazine groups is 1. The highest BCUT2D eigenvalue weighted by Gasteiger charge is 2.39. The minimum atomic E-state index is -4.61. The molecule has 21 heavy (non-hydrogen) atoms. The highest BCUT2D eigenvalue weighted by molar-refractivity contribution is 5.50. The molecule has 3 rings (SSSR count). The zero-order valence-electron chi connectivity index (χ0n) is 11.2. The Hall–Kier alpha value is -1.61. The van der Waals surface area contributed by atoms with Crippen molar-refractivity contribution < 1.29 is 17.9 Å². The van der Waals surface area contributed by atoms with Gasteiger partial charge in [-0.05, 0) is 19.3 Å². The summed E-state index contributed by atoms with van der Waals surface area (Å²) in [5.41, 5.74) is 2.17. The van der Waals surface area contributed by atoms with Gasteiger partial charge in [0.05, 0.1) is 18.8 Å². The number of alkyl halides is 3. The van der Waals surface area contributed by atoms with Crippen LogP contribution in [0.15, 0.2) is 6.07 Å². The monoisotopic (exact) mass is 303 g/mol. The zero-order chi connectivity index (χ0) is 15.0. The van der Waals surface area contributed by atoms with Crippen LogP contribution in [0.4, 0.5) is 24.8 Å². The lowest BCUT2D eigenvalue weighted by Crippen LogP contribution is -2.49. The summed E-state index contributed by atoms with van der Waals surface area (Å²) in [7, 11) is 0. The number of halogens is 3. The molecule has 1 aliphatic carbocycles. The van der Waals surface area contributed by atoms with Gasteiger partial charge in [-0.3, -0.25) is 0 Å². The molecule has 1 saturated carbocycles. The van der Waals surface area contributed by atoms with Crippen molar-refractivity contribution in [1.29, 1.82) is 0 Å². The van der Waals surface area contributed by atoms with Gasteiger partial charge < -0.3 is 15.1 Å². The van der Waals surface area contributed by atoms with Crippen molar-refractivity contribution in [2.75, 3.05) is 23.5 Å². The second-order valence-corrected chi connectivity index (χ2v) is 5.18. The van der Waals surface area contributed by atoms with Crippen molar-refractivity contribution in [2.24, 2.45) is 5.84 Å². The first-order chi connectivity index (χ1) is 9.99. The molecular weight excluding hydrogens is 287 g/mol. The number of ether oxygens (including phenoxy) is 1. The predicted molar refractivity (Wildman–Crippen MR) is 69.6 cm³/mol. The van der Waals surface area contributed by atoms with Gasteiger partial charge in [0.1, 0.15) is 11.6 Å². The van der Waals surface area contributed by atoms with E-state index < -0.39 is 12.0 Å². The molecule has 0 amide bonds. The first-order valence-corrected chi connectivity index (χ1v) is 6.80. The summed E-state index contributed by atoms with van der Waals surface area (Å²) in [6.07, 6.45) is -1.71. The number of aromatic nitrogens is 2. The number of anilines is 2. The molecular formula is C12H16F3N5O. The Morgan fingerprint density at radius 3 is 2.86 bits per heavy atom. The van der Waals surface area contributed by atoms with Gasteiger partial charge in [-0.2, -0.15) is 13.2 Å². The molecule has 2 unspecified atom stereocenters. The van der Waals surface area contributed by atoms with E-state index in [1.807, 2.05) is 4.90 Å². The van der Waals surface area contributed by atoms with Gasteiger partial charge in [0.25, 0.3) is 0 Å². The Kier molecular flexibility index (Phi) is 3.62. The molecule has 0 radical (unpaired) electrons. The minimum Gasteiger partial charge on any atom is -0.374 e. The van der Waals surface area contributed by atoms with Gasteiger partial charge in [0.15, 0.2) is 0 Å². The van der Waals surface area contributed by atoms with Gasteiger partial charge in [-0.25, -0.2) is 15.8 Å². The van der Waals surface area contributed by atoms with Crippen molar-refractivity contribution in [1.82, 2.24) is 9.97 Å². The van der Waals surface area contributed by atoms with Gasteiger partial charge in [-0.1, -0.05) is 0 Å². The molecule has 1 aliphatic heterocycles. The molecule has 0 spiro atoms. The van der Waals surface area contributed by atoms with Crippen LogP contribution in [0.25, 0.3) is 0 Å². The maximum absolute atomic E-state index is 12.9. The van der Waals surface area contributed by atoms with Crippen molar-refractivity contribution in [2.45, 2.75) is 37.6 Å². The number of morpholine rings is 1. The maximum atomic E-state index is 12.9. The van der Waals surface area contributed by atoms with E-state index in [0.717, 1.165) is 19.3 Å². The highest BCUT2D eigenvalue weighted by Crippen LogP contribution is 2.34. The molecule has 0 bridgehead atoms. The molecule has 3 N–H and O–H groups in total. The normalized spacial score (nSPS) is 25.8. The fourth-order valence-corrected chi connectivity index (χ4v) is 2.99. The Balaban J connectivity index is 1.97. The molecule has 2 aliphatic rings. The Labute approximate surface area is 119 Å². The number of hydrogen-bond donors (Lipinski definition) is 2. The van der Waals surface area contributed by atoms with Gasteiger partial charge in [0, 0.05) is 12.6 Å². The third-order valence-electron chi connectivity index (χ3n) is 3.89. The fraction of sp³-hybridized carbons (Fsp3) is 0.667. The second kappa shape index (κ2) is 5.30. The SMILES string of the molecule is NNc1cc(N2CCOC3CCCC32)nc(C(F)(F)F)n1. The first kappa shape index (κ1) is 14.3. The lowest BCUT2D eigenvalue weighted by molar-refractivity contribution is -0.144. The van der Waals surface area contributed by atoms with Gasteiger partial charge >= 0.3 is 6.18 Å². The van der Waals surface area contributed by atoms with E-state index in [1.54, 1.807) is 0 Å². The lowest BCUT2D eigenvalue weighted by Gasteiger charge is -2.38. The molecule has 2 fully saturated rings. The molecule has 2 atom stereocenters. The molecule has 1 aromatic heterocycles. The molecule has 0 aromatic carbocycles. The van der Waals surface area contributed by atoms with Crippen molar-refractivity contribution in [3.05, 3.63) is 11.9 Å². The van der Waals surface area contributed by atoms with E-state index in [4.69, 9.17) is 10.6 Å². The summed E-state index contributed by atoms with van der Waals surface area (Å²) in [5.74, 6) is 4.22. The lowest BCUT2D eigenvalue weighted by atomic mass is 10.1. The van der Waals surface area contributed by atoms with Crippen LogP contribution in [0.5, 0.6) is 0 Å². The second-order valence-electron chi connectivity index (χ2n) is 5.18. The Morgan fingerprint density at radius 2 is 2.14 bits per heavy atom. The molecule has 1 aromatic rings. The van der Waals surface area contributed by atoms with Gasteiger partial charge in [0.2, 0.25) is 5.82 Å². The molecule has 1 saturated heterocycles. The standard InChI is InChI=1S/C12H16F3N5O/c13-12(14,15)11-17-9(19-16)6-10(18-11)20-4-5-21-8-3-1-2-7(8)20/h6-8H,1-5,16H2,(H,17,18,19). The largest absolute Gasteiger partial charge is 0.451 e. The number of nitrogens with one attached hydrogen (secondary N) is 1. The van der Waals surface area contributed by atoms with Crippen molar-refractivity contribution in [3.8, 4) is 0 Å². The van der Waals surface area contributed by atoms with Crippen molar-refractivity contribution in [3.63, 3.8) is 0 Å². The molecule has 116 valence electrons. The quantitative estimate of drug-likeness (QED) is 0.637. The van der Waals surface area contributed by atoms with E-state index in [9.17, 15) is 13.2 Å². The van der Waals surface area contributed by atoms with E-state index >= 15 is 0 Å².